The first-order valence-electron chi connectivity index (χ1n) is 5.94. The van der Waals surface area contributed by atoms with Gasteiger partial charge < -0.3 is 4.74 Å². The van der Waals surface area contributed by atoms with E-state index in [1.165, 1.54) is 11.4 Å². The van der Waals surface area contributed by atoms with E-state index >= 15 is 0 Å². The van der Waals surface area contributed by atoms with Gasteiger partial charge in [0.05, 0.1) is 5.56 Å². The molecule has 0 aliphatic heterocycles. The van der Waals surface area contributed by atoms with Crippen molar-refractivity contribution in [1.82, 2.24) is 14.6 Å². The van der Waals surface area contributed by atoms with Gasteiger partial charge in [-0.25, -0.2) is 4.52 Å². The topological polar surface area (TPSA) is 56.5 Å². The van der Waals surface area contributed by atoms with Crippen molar-refractivity contribution >= 4 is 22.9 Å². The number of ketones is 1. The molecule has 0 unspecified atom stereocenters. The van der Waals surface area contributed by atoms with Gasteiger partial charge in [-0.15, -0.1) is 5.10 Å². The summed E-state index contributed by atoms with van der Waals surface area (Å²) in [4.78, 5) is 15.7. The van der Waals surface area contributed by atoms with E-state index in [1.54, 1.807) is 24.4 Å². The van der Waals surface area contributed by atoms with E-state index in [9.17, 15) is 4.79 Å². The van der Waals surface area contributed by atoms with E-state index in [2.05, 4.69) is 10.1 Å². The summed E-state index contributed by atoms with van der Waals surface area (Å²) in [6.45, 7) is 1.48. The normalized spacial score (nSPS) is 10.7. The molecule has 2 aromatic heterocycles. The van der Waals surface area contributed by atoms with Gasteiger partial charge in [0.1, 0.15) is 11.3 Å². The summed E-state index contributed by atoms with van der Waals surface area (Å²) in [5, 5.41) is 4.07. The lowest BCUT2D eigenvalue weighted by molar-refractivity contribution is 0.101. The van der Waals surface area contributed by atoms with Crippen molar-refractivity contribution in [3.05, 3.63) is 53.4 Å². The molecule has 3 aromatic rings. The van der Waals surface area contributed by atoms with Crippen LogP contribution in [0.3, 0.4) is 0 Å². The number of carbonyl (C=O) groups excluding carboxylic acids is 1. The SMILES string of the molecule is CC(=O)c1ccn2nc(Cl)nc(Oc3ccccc3)c12. The molecule has 0 spiro atoms. The van der Waals surface area contributed by atoms with E-state index in [1.807, 2.05) is 18.2 Å². The number of carbonyl (C=O) groups is 1. The maximum Gasteiger partial charge on any atom is 0.249 e. The Balaban J connectivity index is 2.18. The predicted molar refractivity (Wildman–Crippen MR) is 74.5 cm³/mol. The molecule has 0 fully saturated rings. The number of para-hydroxylation sites is 1. The molecule has 0 aliphatic carbocycles. The summed E-state index contributed by atoms with van der Waals surface area (Å²) in [7, 11) is 0. The van der Waals surface area contributed by atoms with Gasteiger partial charge in [-0.05, 0) is 36.7 Å². The molecule has 100 valence electrons. The number of hydrogen-bond donors (Lipinski definition) is 0. The highest BCUT2D eigenvalue weighted by Gasteiger charge is 2.16. The molecule has 5 nitrogen and oxygen atoms in total. The highest BCUT2D eigenvalue weighted by molar-refractivity contribution is 6.28. The van der Waals surface area contributed by atoms with Crippen molar-refractivity contribution in [3.8, 4) is 11.6 Å². The van der Waals surface area contributed by atoms with Crippen LogP contribution in [0.5, 0.6) is 11.6 Å². The van der Waals surface area contributed by atoms with Gasteiger partial charge in [-0.2, -0.15) is 4.98 Å². The number of halogens is 1. The first kappa shape index (κ1) is 12.6. The van der Waals surface area contributed by atoms with Crippen molar-refractivity contribution in [1.29, 1.82) is 0 Å². The Kier molecular flexibility index (Phi) is 3.12. The van der Waals surface area contributed by atoms with Crippen molar-refractivity contribution in [3.63, 3.8) is 0 Å². The minimum absolute atomic E-state index is 0.0501. The predicted octanol–water partition coefficient (Wildman–Crippen LogP) is 3.38. The van der Waals surface area contributed by atoms with Crippen molar-refractivity contribution < 1.29 is 9.53 Å². The third-order valence-electron chi connectivity index (χ3n) is 2.79. The van der Waals surface area contributed by atoms with Crippen LogP contribution in [0.15, 0.2) is 42.6 Å². The zero-order chi connectivity index (χ0) is 14.1. The fourth-order valence-corrected chi connectivity index (χ4v) is 2.08. The molecule has 0 amide bonds. The van der Waals surface area contributed by atoms with Crippen LogP contribution in [-0.2, 0) is 0 Å². The number of ether oxygens (including phenoxy) is 1. The fourth-order valence-electron chi connectivity index (χ4n) is 1.92. The monoisotopic (exact) mass is 287 g/mol. The maximum atomic E-state index is 11.7. The molecular formula is C14H10ClN3O2. The van der Waals surface area contributed by atoms with Gasteiger partial charge in [0.25, 0.3) is 0 Å². The number of rotatable bonds is 3. The Morgan fingerprint density at radius 2 is 2.00 bits per heavy atom. The van der Waals surface area contributed by atoms with Gasteiger partial charge >= 0.3 is 0 Å². The van der Waals surface area contributed by atoms with Gasteiger partial charge in [-0.1, -0.05) is 18.2 Å². The third kappa shape index (κ3) is 2.23. The summed E-state index contributed by atoms with van der Waals surface area (Å²) in [5.41, 5.74) is 0.998. The molecular weight excluding hydrogens is 278 g/mol. The standard InChI is InChI=1S/C14H10ClN3O2/c1-9(19)11-7-8-18-12(11)13(16-14(15)17-18)20-10-5-3-2-4-6-10/h2-8H,1H3. The molecule has 1 aromatic carbocycles. The Morgan fingerprint density at radius 3 is 2.70 bits per heavy atom. The molecule has 0 N–H and O–H groups in total. The Bertz CT molecular complexity index is 784. The second-order valence-electron chi connectivity index (χ2n) is 4.18. The quantitative estimate of drug-likeness (QED) is 0.693. The summed E-state index contributed by atoms with van der Waals surface area (Å²) in [6.07, 6.45) is 1.65. The highest BCUT2D eigenvalue weighted by atomic mass is 35.5. The smallest absolute Gasteiger partial charge is 0.249 e. The first-order valence-corrected chi connectivity index (χ1v) is 6.31. The molecule has 0 saturated heterocycles. The number of fused-ring (bicyclic) bond motifs is 1. The van der Waals surface area contributed by atoms with Crippen LogP contribution in [0.1, 0.15) is 17.3 Å². The van der Waals surface area contributed by atoms with E-state index < -0.39 is 0 Å². The second-order valence-corrected chi connectivity index (χ2v) is 4.52. The van der Waals surface area contributed by atoms with Crippen LogP contribution in [-0.4, -0.2) is 20.4 Å². The minimum atomic E-state index is -0.0867. The van der Waals surface area contributed by atoms with Crippen LogP contribution in [0.25, 0.3) is 5.52 Å². The van der Waals surface area contributed by atoms with Crippen LogP contribution >= 0.6 is 11.6 Å². The zero-order valence-corrected chi connectivity index (χ0v) is 11.3. The molecule has 6 heteroatoms. The highest BCUT2D eigenvalue weighted by Crippen LogP contribution is 2.28. The average Bonchev–Trinajstić information content (AvgIpc) is 2.83. The molecule has 3 rings (SSSR count). The van der Waals surface area contributed by atoms with E-state index in [-0.39, 0.29) is 16.9 Å². The van der Waals surface area contributed by atoms with E-state index in [0.717, 1.165) is 0 Å². The number of nitrogens with zero attached hydrogens (tertiary/aromatic N) is 3. The minimum Gasteiger partial charge on any atom is -0.437 e. The molecule has 0 atom stereocenters. The summed E-state index contributed by atoms with van der Waals surface area (Å²) >= 11 is 5.87. The largest absolute Gasteiger partial charge is 0.437 e. The van der Waals surface area contributed by atoms with Crippen molar-refractivity contribution in [2.24, 2.45) is 0 Å². The number of benzene rings is 1. The summed E-state index contributed by atoms with van der Waals surface area (Å²) in [6, 6.07) is 10.8. The van der Waals surface area contributed by atoms with Gasteiger partial charge in [0.2, 0.25) is 11.2 Å². The summed E-state index contributed by atoms with van der Waals surface area (Å²) in [5.74, 6) is 0.780. The van der Waals surface area contributed by atoms with Crippen LogP contribution < -0.4 is 4.74 Å². The first-order chi connectivity index (χ1) is 9.65. The Morgan fingerprint density at radius 1 is 1.25 bits per heavy atom. The number of aromatic nitrogens is 3. The van der Waals surface area contributed by atoms with Gasteiger partial charge in [0, 0.05) is 6.20 Å². The zero-order valence-electron chi connectivity index (χ0n) is 10.6. The van der Waals surface area contributed by atoms with E-state index in [4.69, 9.17) is 16.3 Å². The maximum absolute atomic E-state index is 11.7. The van der Waals surface area contributed by atoms with Gasteiger partial charge in [-0.3, -0.25) is 4.79 Å². The fraction of sp³-hybridized carbons (Fsp3) is 0.0714. The average molecular weight is 288 g/mol. The molecule has 0 bridgehead atoms. The number of hydrogen-bond acceptors (Lipinski definition) is 4. The third-order valence-corrected chi connectivity index (χ3v) is 2.95. The number of Topliss-reactive ketones (excluding diaryl/α,β-unsaturated/α-hetero) is 1. The second kappa shape index (κ2) is 4.94. The van der Waals surface area contributed by atoms with Crippen LogP contribution in [0, 0.1) is 0 Å². The molecule has 0 aliphatic rings. The Labute approximate surface area is 119 Å². The lowest BCUT2D eigenvalue weighted by Gasteiger charge is -2.07. The lowest BCUT2D eigenvalue weighted by Crippen LogP contribution is -2.01. The van der Waals surface area contributed by atoms with Crippen molar-refractivity contribution in [2.75, 3.05) is 0 Å². The van der Waals surface area contributed by atoms with Crippen molar-refractivity contribution in [2.45, 2.75) is 6.92 Å². The van der Waals surface area contributed by atoms with Crippen LogP contribution in [0.2, 0.25) is 5.28 Å². The molecule has 20 heavy (non-hydrogen) atoms. The van der Waals surface area contributed by atoms with Gasteiger partial charge in [0.15, 0.2) is 5.78 Å². The molecule has 2 heterocycles. The summed E-state index contributed by atoms with van der Waals surface area (Å²) < 4.78 is 7.20. The lowest BCUT2D eigenvalue weighted by atomic mass is 10.2. The molecule has 0 saturated carbocycles. The molecule has 0 radical (unpaired) electrons. The Hall–Kier alpha value is -2.40. The van der Waals surface area contributed by atoms with E-state index in [0.29, 0.717) is 16.8 Å². The van der Waals surface area contributed by atoms with Crippen LogP contribution in [0.4, 0.5) is 0 Å².